The van der Waals surface area contributed by atoms with Gasteiger partial charge in [-0.3, -0.25) is 4.79 Å². The second-order valence-electron chi connectivity index (χ2n) is 5.68. The number of oxime groups is 1. The Hall–Kier alpha value is -2.99. The first-order chi connectivity index (χ1) is 12.5. The Balaban J connectivity index is 1.63. The lowest BCUT2D eigenvalue weighted by molar-refractivity contribution is 0.1000. The highest BCUT2D eigenvalue weighted by molar-refractivity contribution is 7.17. The summed E-state index contributed by atoms with van der Waals surface area (Å²) in [5, 5.41) is 4.14. The van der Waals surface area contributed by atoms with E-state index in [-0.39, 0.29) is 5.82 Å². The third kappa shape index (κ3) is 4.34. The number of carbonyl (C=O) groups excluding carboxylic acids is 1. The molecule has 4 nitrogen and oxygen atoms in total. The molecule has 0 bridgehead atoms. The highest BCUT2D eigenvalue weighted by Gasteiger charge is 2.06. The molecule has 2 N–H and O–H groups in total. The van der Waals surface area contributed by atoms with E-state index < -0.39 is 5.91 Å². The maximum atomic E-state index is 13.0. The number of nitrogens with two attached hydrogens (primary N) is 1. The van der Waals surface area contributed by atoms with Crippen LogP contribution in [0.25, 0.3) is 10.4 Å². The summed E-state index contributed by atoms with van der Waals surface area (Å²) in [5.74, 6) is -0.707. The van der Waals surface area contributed by atoms with Gasteiger partial charge < -0.3 is 10.6 Å². The first-order valence-electron chi connectivity index (χ1n) is 7.94. The summed E-state index contributed by atoms with van der Waals surface area (Å²) in [6, 6.07) is 17.2. The lowest BCUT2D eigenvalue weighted by Gasteiger charge is -2.02. The van der Waals surface area contributed by atoms with Gasteiger partial charge in [-0.05, 0) is 54.4 Å². The van der Waals surface area contributed by atoms with Crippen molar-refractivity contribution in [2.24, 2.45) is 10.9 Å². The summed E-state index contributed by atoms with van der Waals surface area (Å²) in [6.45, 7) is 2.17. The third-order valence-electron chi connectivity index (χ3n) is 3.76. The average Bonchev–Trinajstić information content (AvgIpc) is 3.13. The Morgan fingerprint density at radius 1 is 1.08 bits per heavy atom. The quantitative estimate of drug-likeness (QED) is 0.511. The highest BCUT2D eigenvalue weighted by Crippen LogP contribution is 2.28. The van der Waals surface area contributed by atoms with Crippen LogP contribution in [0, 0.1) is 5.82 Å². The summed E-state index contributed by atoms with van der Waals surface area (Å²) in [6.07, 6.45) is 0. The van der Waals surface area contributed by atoms with Crippen LogP contribution in [-0.4, -0.2) is 11.6 Å². The van der Waals surface area contributed by atoms with Crippen LogP contribution >= 0.6 is 11.3 Å². The fourth-order valence-corrected chi connectivity index (χ4v) is 3.26. The van der Waals surface area contributed by atoms with Gasteiger partial charge in [-0.15, -0.1) is 11.3 Å². The molecule has 0 atom stereocenters. The fraction of sp³-hybridized carbons (Fsp3) is 0.100. The lowest BCUT2D eigenvalue weighted by atomic mass is 10.1. The predicted molar refractivity (Wildman–Crippen MR) is 102 cm³/mol. The Morgan fingerprint density at radius 3 is 2.42 bits per heavy atom. The molecule has 1 amide bonds. The number of hydrogen-bond donors (Lipinski definition) is 1. The molecule has 0 saturated carbocycles. The summed E-state index contributed by atoms with van der Waals surface area (Å²) in [4.78, 5) is 18.5. The zero-order valence-electron chi connectivity index (χ0n) is 14.1. The smallest absolute Gasteiger partial charge is 0.248 e. The van der Waals surface area contributed by atoms with Crippen LogP contribution in [0.5, 0.6) is 0 Å². The van der Waals surface area contributed by atoms with Gasteiger partial charge in [0.25, 0.3) is 0 Å². The number of benzene rings is 2. The minimum atomic E-state index is -0.457. The number of hydrogen-bond acceptors (Lipinski definition) is 4. The van der Waals surface area contributed by atoms with Gasteiger partial charge in [0.1, 0.15) is 12.4 Å². The molecule has 0 spiro atoms. The summed E-state index contributed by atoms with van der Waals surface area (Å²) in [7, 11) is 0. The molecule has 0 aliphatic heterocycles. The zero-order valence-corrected chi connectivity index (χ0v) is 14.9. The second kappa shape index (κ2) is 7.93. The SMILES string of the molecule is C/C(=N\OCc1ccc(C(N)=O)cc1)c1ccc(-c2ccc(F)cc2)s1. The van der Waals surface area contributed by atoms with E-state index in [2.05, 4.69) is 5.16 Å². The molecule has 3 rings (SSSR count). The van der Waals surface area contributed by atoms with E-state index in [1.807, 2.05) is 19.1 Å². The minimum Gasteiger partial charge on any atom is -0.391 e. The Kier molecular flexibility index (Phi) is 5.43. The van der Waals surface area contributed by atoms with Crippen molar-refractivity contribution < 1.29 is 14.0 Å². The van der Waals surface area contributed by atoms with Crippen molar-refractivity contribution in [1.29, 1.82) is 0 Å². The normalized spacial score (nSPS) is 11.4. The number of rotatable bonds is 6. The van der Waals surface area contributed by atoms with Crippen molar-refractivity contribution in [2.75, 3.05) is 0 Å². The van der Waals surface area contributed by atoms with Crippen molar-refractivity contribution in [2.45, 2.75) is 13.5 Å². The molecule has 1 aromatic heterocycles. The van der Waals surface area contributed by atoms with E-state index in [9.17, 15) is 9.18 Å². The average molecular weight is 368 g/mol. The molecule has 0 aliphatic rings. The lowest BCUT2D eigenvalue weighted by Crippen LogP contribution is -2.10. The molecule has 6 heteroatoms. The molecule has 2 aromatic carbocycles. The van der Waals surface area contributed by atoms with Crippen LogP contribution < -0.4 is 5.73 Å². The number of amides is 1. The topological polar surface area (TPSA) is 64.7 Å². The van der Waals surface area contributed by atoms with Crippen molar-refractivity contribution in [3.8, 4) is 10.4 Å². The Morgan fingerprint density at radius 2 is 1.77 bits per heavy atom. The van der Waals surface area contributed by atoms with Gasteiger partial charge in [-0.25, -0.2) is 4.39 Å². The molecular formula is C20H17FN2O2S. The van der Waals surface area contributed by atoms with E-state index in [0.29, 0.717) is 12.2 Å². The summed E-state index contributed by atoms with van der Waals surface area (Å²) >= 11 is 1.57. The van der Waals surface area contributed by atoms with Gasteiger partial charge in [0.15, 0.2) is 0 Å². The number of halogens is 1. The van der Waals surface area contributed by atoms with Gasteiger partial charge in [0, 0.05) is 10.4 Å². The monoisotopic (exact) mass is 368 g/mol. The molecule has 3 aromatic rings. The summed E-state index contributed by atoms with van der Waals surface area (Å²) < 4.78 is 13.0. The number of carbonyl (C=O) groups is 1. The maximum absolute atomic E-state index is 13.0. The number of thiophene rings is 1. The molecule has 0 aliphatic carbocycles. The molecule has 0 radical (unpaired) electrons. The van der Waals surface area contributed by atoms with Gasteiger partial charge in [0.05, 0.1) is 10.6 Å². The molecule has 26 heavy (non-hydrogen) atoms. The molecule has 1 heterocycles. The first-order valence-corrected chi connectivity index (χ1v) is 8.76. The van der Waals surface area contributed by atoms with E-state index in [1.165, 1.54) is 12.1 Å². The van der Waals surface area contributed by atoms with Gasteiger partial charge in [0.2, 0.25) is 5.91 Å². The van der Waals surface area contributed by atoms with E-state index in [4.69, 9.17) is 10.6 Å². The van der Waals surface area contributed by atoms with Crippen LogP contribution in [0.2, 0.25) is 0 Å². The largest absolute Gasteiger partial charge is 0.391 e. The maximum Gasteiger partial charge on any atom is 0.248 e. The van der Waals surface area contributed by atoms with Gasteiger partial charge in [-0.2, -0.15) is 0 Å². The molecule has 0 saturated heterocycles. The molecule has 132 valence electrons. The van der Waals surface area contributed by atoms with Crippen molar-refractivity contribution >= 4 is 23.0 Å². The van der Waals surface area contributed by atoms with Crippen LogP contribution in [-0.2, 0) is 11.4 Å². The number of primary amides is 1. The van der Waals surface area contributed by atoms with E-state index in [0.717, 1.165) is 26.6 Å². The minimum absolute atomic E-state index is 0.250. The van der Waals surface area contributed by atoms with Crippen LogP contribution in [0.1, 0.15) is 27.7 Å². The molecule has 0 fully saturated rings. The highest BCUT2D eigenvalue weighted by atomic mass is 32.1. The first kappa shape index (κ1) is 17.8. The van der Waals surface area contributed by atoms with Crippen molar-refractivity contribution in [3.63, 3.8) is 0 Å². The van der Waals surface area contributed by atoms with E-state index in [1.54, 1.807) is 47.7 Å². The zero-order chi connectivity index (χ0) is 18.5. The number of nitrogens with zero attached hydrogens (tertiary/aromatic N) is 1. The van der Waals surface area contributed by atoms with Crippen molar-refractivity contribution in [3.05, 3.63) is 82.5 Å². The van der Waals surface area contributed by atoms with E-state index >= 15 is 0 Å². The van der Waals surface area contributed by atoms with Crippen molar-refractivity contribution in [1.82, 2.24) is 0 Å². The van der Waals surface area contributed by atoms with Crippen LogP contribution in [0.15, 0.2) is 65.8 Å². The molecular weight excluding hydrogens is 351 g/mol. The van der Waals surface area contributed by atoms with Gasteiger partial charge >= 0.3 is 0 Å². The second-order valence-corrected chi connectivity index (χ2v) is 6.77. The third-order valence-corrected chi connectivity index (χ3v) is 5.01. The fourth-order valence-electron chi connectivity index (χ4n) is 2.32. The Bertz CT molecular complexity index is 931. The predicted octanol–water partition coefficient (Wildman–Crippen LogP) is 4.59. The van der Waals surface area contributed by atoms with Gasteiger partial charge in [-0.1, -0.05) is 29.4 Å². The summed E-state index contributed by atoms with van der Waals surface area (Å²) in [5.41, 5.74) is 8.29. The molecule has 0 unspecified atom stereocenters. The van der Waals surface area contributed by atoms with Crippen LogP contribution in [0.3, 0.4) is 0 Å². The standard InChI is InChI=1S/C20H17FN2O2S/c1-13(23-25-12-14-2-4-16(5-3-14)20(22)24)18-10-11-19(26-18)15-6-8-17(21)9-7-15/h2-11H,12H2,1H3,(H2,22,24)/b23-13+. The van der Waals surface area contributed by atoms with Crippen LogP contribution in [0.4, 0.5) is 4.39 Å². The Labute approximate surface area is 154 Å².